The van der Waals surface area contributed by atoms with Crippen molar-refractivity contribution in [2.24, 2.45) is 10.1 Å². The van der Waals surface area contributed by atoms with Crippen LogP contribution in [0.25, 0.3) is 0 Å². The van der Waals surface area contributed by atoms with Crippen LogP contribution in [0.5, 0.6) is 5.75 Å². The van der Waals surface area contributed by atoms with Crippen LogP contribution in [-0.4, -0.2) is 36.3 Å². The first-order valence-electron chi connectivity index (χ1n) is 8.62. The van der Waals surface area contributed by atoms with Crippen LogP contribution in [0.3, 0.4) is 0 Å². The Hall–Kier alpha value is -2.64. The van der Waals surface area contributed by atoms with Gasteiger partial charge in [-0.25, -0.2) is 10.4 Å². The fourth-order valence-corrected chi connectivity index (χ4v) is 2.39. The van der Waals surface area contributed by atoms with Gasteiger partial charge in [-0.15, -0.1) is 0 Å². The molecular formula is C17H25N5O3. The van der Waals surface area contributed by atoms with Crippen molar-refractivity contribution in [1.29, 1.82) is 0 Å². The molecule has 0 saturated heterocycles. The average molecular weight is 347 g/mol. The Morgan fingerprint density at radius 3 is 2.96 bits per heavy atom. The van der Waals surface area contributed by atoms with E-state index >= 15 is 0 Å². The van der Waals surface area contributed by atoms with Gasteiger partial charge in [0.2, 0.25) is 5.96 Å². The molecule has 0 fully saturated rings. The van der Waals surface area contributed by atoms with E-state index in [-0.39, 0.29) is 5.69 Å². The Kier molecular flexibility index (Phi) is 7.18. The average Bonchev–Trinajstić information content (AvgIpc) is 3.13. The Bertz CT molecular complexity index is 658. The third kappa shape index (κ3) is 5.74. The number of hydrazone groups is 1. The van der Waals surface area contributed by atoms with E-state index in [1.165, 1.54) is 6.07 Å². The van der Waals surface area contributed by atoms with Crippen LogP contribution < -0.4 is 15.5 Å². The first-order chi connectivity index (χ1) is 12.1. The van der Waals surface area contributed by atoms with Crippen LogP contribution in [0.4, 0.5) is 5.69 Å². The van der Waals surface area contributed by atoms with E-state index in [4.69, 9.17) is 4.74 Å². The van der Waals surface area contributed by atoms with Crippen LogP contribution in [0.2, 0.25) is 0 Å². The van der Waals surface area contributed by atoms with Gasteiger partial charge < -0.3 is 10.1 Å². The van der Waals surface area contributed by atoms with E-state index in [0.29, 0.717) is 36.1 Å². The lowest BCUT2D eigenvalue weighted by Gasteiger charge is -2.09. The lowest BCUT2D eigenvalue weighted by atomic mass is 10.1. The topological polar surface area (TPSA) is 101 Å². The molecule has 0 amide bonds. The summed E-state index contributed by atoms with van der Waals surface area (Å²) >= 11 is 0. The van der Waals surface area contributed by atoms with E-state index < -0.39 is 4.92 Å². The lowest BCUT2D eigenvalue weighted by molar-refractivity contribution is -0.385. The predicted octanol–water partition coefficient (Wildman–Crippen LogP) is 2.83. The summed E-state index contributed by atoms with van der Waals surface area (Å²) in [6.07, 6.45) is 4.25. The molecule has 2 N–H and O–H groups in total. The van der Waals surface area contributed by atoms with Crippen molar-refractivity contribution in [3.05, 3.63) is 33.9 Å². The maximum absolute atomic E-state index is 11.3. The summed E-state index contributed by atoms with van der Waals surface area (Å²) in [5.41, 5.74) is 4.08. The van der Waals surface area contributed by atoms with Gasteiger partial charge in [0.1, 0.15) is 0 Å². The summed E-state index contributed by atoms with van der Waals surface area (Å²) in [5.74, 6) is 0.911. The summed E-state index contributed by atoms with van der Waals surface area (Å²) in [6.45, 7) is 5.91. The minimum Gasteiger partial charge on any atom is -0.487 e. The normalized spacial score (nSPS) is 14.0. The zero-order chi connectivity index (χ0) is 18.1. The summed E-state index contributed by atoms with van der Waals surface area (Å²) in [5, 5.41) is 18.6. The van der Waals surface area contributed by atoms with Gasteiger partial charge in [0.15, 0.2) is 5.75 Å². The van der Waals surface area contributed by atoms with Crippen LogP contribution in [-0.2, 0) is 0 Å². The van der Waals surface area contributed by atoms with Crippen LogP contribution >= 0.6 is 0 Å². The van der Waals surface area contributed by atoms with Gasteiger partial charge in [-0.05, 0) is 25.5 Å². The summed E-state index contributed by atoms with van der Waals surface area (Å²) in [6, 6.07) is 4.90. The highest BCUT2D eigenvalue weighted by Crippen LogP contribution is 2.28. The summed E-state index contributed by atoms with van der Waals surface area (Å²) < 4.78 is 5.59. The highest BCUT2D eigenvalue weighted by molar-refractivity contribution is 6.00. The number of rotatable bonds is 9. The van der Waals surface area contributed by atoms with Crippen molar-refractivity contribution in [2.75, 3.05) is 19.7 Å². The maximum Gasteiger partial charge on any atom is 0.311 e. The summed E-state index contributed by atoms with van der Waals surface area (Å²) in [7, 11) is 0. The molecule has 8 heteroatoms. The number of nitrogens with zero attached hydrogens (tertiary/aromatic N) is 3. The number of aliphatic imine (C=N–C) groups is 1. The lowest BCUT2D eigenvalue weighted by Crippen LogP contribution is -2.30. The van der Waals surface area contributed by atoms with Gasteiger partial charge in [-0.2, -0.15) is 5.10 Å². The third-order valence-corrected chi connectivity index (χ3v) is 3.83. The molecule has 0 aromatic heterocycles. The molecule has 0 atom stereocenters. The zero-order valence-electron chi connectivity index (χ0n) is 14.7. The quantitative estimate of drug-likeness (QED) is 0.309. The van der Waals surface area contributed by atoms with Crippen molar-refractivity contribution in [3.63, 3.8) is 0 Å². The number of hydrogen-bond acceptors (Lipinski definition) is 7. The molecule has 1 aliphatic rings. The molecule has 1 heterocycles. The molecule has 0 unspecified atom stereocenters. The molecule has 0 saturated carbocycles. The molecule has 1 aromatic carbocycles. The van der Waals surface area contributed by atoms with Gasteiger partial charge in [-0.1, -0.05) is 26.2 Å². The molecule has 136 valence electrons. The largest absolute Gasteiger partial charge is 0.487 e. The Morgan fingerprint density at radius 2 is 2.28 bits per heavy atom. The van der Waals surface area contributed by atoms with Crippen molar-refractivity contribution < 1.29 is 9.66 Å². The number of nitro groups is 1. The minimum atomic E-state index is -0.422. The first kappa shape index (κ1) is 18.7. The molecular weight excluding hydrogens is 322 g/mol. The zero-order valence-corrected chi connectivity index (χ0v) is 14.7. The van der Waals surface area contributed by atoms with Crippen LogP contribution in [0.1, 0.15) is 45.1 Å². The first-order valence-corrected chi connectivity index (χ1v) is 8.62. The molecule has 0 spiro atoms. The minimum absolute atomic E-state index is 0.0427. The molecule has 0 radical (unpaired) electrons. The molecule has 2 rings (SSSR count). The molecule has 0 aliphatic carbocycles. The van der Waals surface area contributed by atoms with Crippen molar-refractivity contribution >= 4 is 17.4 Å². The SMILES string of the molecule is CCCCCCOc1ccc(/C(C)=N/NC2=NCCN2)cc1[N+](=O)[O-]. The second-order valence-corrected chi connectivity index (χ2v) is 5.81. The highest BCUT2D eigenvalue weighted by Gasteiger charge is 2.17. The second-order valence-electron chi connectivity index (χ2n) is 5.81. The predicted molar refractivity (Wildman–Crippen MR) is 98.4 cm³/mol. The van der Waals surface area contributed by atoms with E-state index in [9.17, 15) is 10.1 Å². The second kappa shape index (κ2) is 9.61. The monoisotopic (exact) mass is 347 g/mol. The van der Waals surface area contributed by atoms with Gasteiger partial charge in [-0.3, -0.25) is 10.1 Å². The van der Waals surface area contributed by atoms with Crippen molar-refractivity contribution in [2.45, 2.75) is 39.5 Å². The smallest absolute Gasteiger partial charge is 0.311 e. The van der Waals surface area contributed by atoms with E-state index in [1.54, 1.807) is 19.1 Å². The number of hydrogen-bond donors (Lipinski definition) is 2. The van der Waals surface area contributed by atoms with Crippen molar-refractivity contribution in [3.8, 4) is 5.75 Å². The third-order valence-electron chi connectivity index (χ3n) is 3.83. The Morgan fingerprint density at radius 1 is 1.44 bits per heavy atom. The fourth-order valence-electron chi connectivity index (χ4n) is 2.39. The molecule has 25 heavy (non-hydrogen) atoms. The Balaban J connectivity index is 2.03. The van der Waals surface area contributed by atoms with Gasteiger partial charge in [0.05, 0.1) is 23.8 Å². The van der Waals surface area contributed by atoms with E-state index in [0.717, 1.165) is 32.2 Å². The van der Waals surface area contributed by atoms with Crippen molar-refractivity contribution in [1.82, 2.24) is 10.7 Å². The number of nitrogens with one attached hydrogen (secondary N) is 2. The number of guanidine groups is 1. The number of ether oxygens (including phenoxy) is 1. The number of unbranched alkanes of at least 4 members (excludes halogenated alkanes) is 3. The summed E-state index contributed by atoms with van der Waals surface area (Å²) in [4.78, 5) is 15.1. The molecule has 1 aliphatic heterocycles. The van der Waals surface area contributed by atoms with E-state index in [1.807, 2.05) is 0 Å². The van der Waals surface area contributed by atoms with Crippen LogP contribution in [0.15, 0.2) is 28.3 Å². The van der Waals surface area contributed by atoms with Crippen LogP contribution in [0, 0.1) is 10.1 Å². The molecule has 0 bridgehead atoms. The molecule has 8 nitrogen and oxygen atoms in total. The highest BCUT2D eigenvalue weighted by atomic mass is 16.6. The van der Waals surface area contributed by atoms with Gasteiger partial charge in [0, 0.05) is 18.2 Å². The standard InChI is InChI=1S/C17H25N5O3/c1-3-4-5-6-11-25-16-8-7-14(12-15(16)22(23)24)13(2)20-21-17-18-9-10-19-17/h7-8,12H,3-6,9-11H2,1-2H3,(H2,18,19,21)/b20-13+. The van der Waals surface area contributed by atoms with Gasteiger partial charge >= 0.3 is 5.69 Å². The number of benzene rings is 1. The van der Waals surface area contributed by atoms with Gasteiger partial charge in [0.25, 0.3) is 0 Å². The Labute approximate surface area is 147 Å². The van der Waals surface area contributed by atoms with E-state index in [2.05, 4.69) is 27.8 Å². The number of nitro benzene ring substituents is 1. The fraction of sp³-hybridized carbons (Fsp3) is 0.529. The maximum atomic E-state index is 11.3. The molecule has 1 aromatic rings.